The van der Waals surface area contributed by atoms with Crippen LogP contribution in [0.25, 0.3) is 10.1 Å². The lowest BCUT2D eigenvalue weighted by Crippen LogP contribution is -2.30. The van der Waals surface area contributed by atoms with Crippen molar-refractivity contribution in [3.05, 3.63) is 83.6 Å². The molecule has 44 heavy (non-hydrogen) atoms. The lowest BCUT2D eigenvalue weighted by molar-refractivity contribution is -0.436. The SMILES string of the molecule is CC1(C)C(/C=C/C=C2\N(CCCSO)c3sc4ccccc4c3C2(C)CCCS(=O)(=O)O)=[N+](CCC(=O)O)c2ccccc21. The van der Waals surface area contributed by atoms with Crippen LogP contribution in [0.1, 0.15) is 57.6 Å². The van der Waals surface area contributed by atoms with Crippen LogP contribution in [0.4, 0.5) is 10.7 Å². The van der Waals surface area contributed by atoms with Crippen molar-refractivity contribution >= 4 is 66.0 Å². The van der Waals surface area contributed by atoms with Crippen LogP contribution in [0.15, 0.2) is 72.5 Å². The van der Waals surface area contributed by atoms with Crippen LogP contribution in [0.3, 0.4) is 0 Å². The third-order valence-electron chi connectivity index (χ3n) is 8.78. The van der Waals surface area contributed by atoms with Gasteiger partial charge in [-0.15, -0.1) is 11.3 Å². The largest absolute Gasteiger partial charge is 0.481 e. The number of nitrogens with zero attached hydrogens (tertiary/aromatic N) is 2. The first-order valence-electron chi connectivity index (χ1n) is 14.7. The molecule has 11 heteroatoms. The van der Waals surface area contributed by atoms with Crippen molar-refractivity contribution in [2.75, 3.05) is 29.5 Å². The highest BCUT2D eigenvalue weighted by atomic mass is 32.2. The number of carboxylic acids is 1. The van der Waals surface area contributed by atoms with Gasteiger partial charge in [0.05, 0.1) is 11.2 Å². The van der Waals surface area contributed by atoms with E-state index in [0.29, 0.717) is 31.7 Å². The number of carboxylic acid groups (broad SMARTS) is 1. The predicted octanol–water partition coefficient (Wildman–Crippen LogP) is 7.23. The van der Waals surface area contributed by atoms with Gasteiger partial charge in [0.1, 0.15) is 11.4 Å². The van der Waals surface area contributed by atoms with Crippen molar-refractivity contribution in [3.63, 3.8) is 0 Å². The van der Waals surface area contributed by atoms with Gasteiger partial charge in [0.25, 0.3) is 10.1 Å². The Morgan fingerprint density at radius 3 is 2.55 bits per heavy atom. The fourth-order valence-corrected chi connectivity index (χ4v) is 8.89. The zero-order valence-electron chi connectivity index (χ0n) is 25.2. The maximum Gasteiger partial charge on any atom is 0.309 e. The number of hydrogen-bond donors (Lipinski definition) is 3. The molecule has 2 aromatic carbocycles. The van der Waals surface area contributed by atoms with E-state index in [9.17, 15) is 27.4 Å². The van der Waals surface area contributed by atoms with Crippen LogP contribution in [0, 0.1) is 0 Å². The maximum absolute atomic E-state index is 11.7. The average molecular weight is 656 g/mol. The molecule has 234 valence electrons. The summed E-state index contributed by atoms with van der Waals surface area (Å²) in [4.78, 5) is 13.8. The molecule has 0 amide bonds. The van der Waals surface area contributed by atoms with E-state index < -0.39 is 21.5 Å². The third kappa shape index (κ3) is 6.25. The molecule has 3 N–H and O–H groups in total. The van der Waals surface area contributed by atoms with Crippen LogP contribution in [0.5, 0.6) is 0 Å². The van der Waals surface area contributed by atoms with Gasteiger partial charge in [-0.1, -0.05) is 42.5 Å². The molecule has 2 aliphatic heterocycles. The molecule has 0 spiro atoms. The predicted molar refractivity (Wildman–Crippen MR) is 181 cm³/mol. The van der Waals surface area contributed by atoms with Crippen LogP contribution in [-0.4, -0.2) is 63.5 Å². The molecule has 2 aliphatic rings. The minimum Gasteiger partial charge on any atom is -0.481 e. The molecule has 1 aromatic heterocycles. The summed E-state index contributed by atoms with van der Waals surface area (Å²) in [5.74, 6) is -0.575. The minimum absolute atomic E-state index is 0.0125. The molecule has 0 saturated heterocycles. The summed E-state index contributed by atoms with van der Waals surface area (Å²) < 4.78 is 45.6. The normalized spacial score (nSPS) is 20.3. The van der Waals surface area contributed by atoms with Crippen LogP contribution >= 0.6 is 23.4 Å². The second-order valence-electron chi connectivity index (χ2n) is 12.1. The topological polar surface area (TPSA) is 118 Å². The quantitative estimate of drug-likeness (QED) is 0.0764. The number of carbonyl (C=O) groups is 1. The van der Waals surface area contributed by atoms with Gasteiger partial charge in [-0.05, 0) is 69.6 Å². The van der Waals surface area contributed by atoms with Gasteiger partial charge in [0.15, 0.2) is 12.3 Å². The Morgan fingerprint density at radius 2 is 1.82 bits per heavy atom. The van der Waals surface area contributed by atoms with Gasteiger partial charge in [-0.3, -0.25) is 9.35 Å². The Bertz CT molecular complexity index is 1770. The summed E-state index contributed by atoms with van der Waals surface area (Å²) in [5.41, 5.74) is 4.48. The molecule has 0 bridgehead atoms. The van der Waals surface area contributed by atoms with Gasteiger partial charge >= 0.3 is 5.97 Å². The monoisotopic (exact) mass is 655 g/mol. The number of benzene rings is 2. The smallest absolute Gasteiger partial charge is 0.309 e. The summed E-state index contributed by atoms with van der Waals surface area (Å²) in [7, 11) is -4.11. The lowest BCUT2D eigenvalue weighted by Gasteiger charge is -2.31. The molecular formula is C33H39N2O6S3+. The molecule has 3 heterocycles. The average Bonchev–Trinajstić information content (AvgIpc) is 3.52. The Kier molecular flexibility index (Phi) is 9.44. The summed E-state index contributed by atoms with van der Waals surface area (Å²) >= 11 is 2.53. The fraction of sp³-hybridized carbons (Fsp3) is 0.394. The number of anilines is 1. The van der Waals surface area contributed by atoms with Crippen LogP contribution in [-0.2, 0) is 25.7 Å². The Balaban J connectivity index is 1.61. The fourth-order valence-electron chi connectivity index (χ4n) is 6.76. The van der Waals surface area contributed by atoms with E-state index in [-0.39, 0.29) is 17.6 Å². The standard InChI is InChI=1S/C33H38N2O6S3/c1-32(2)24-12-5-6-13-25(24)34(20-17-29(36)37)27(32)15-8-16-28-33(3,18-9-22-44(39,40)41)30-23-11-4-7-14-26(23)43-31(30)35(28)19-10-21-42-38/h4-8,11-16H,9-10,17-22H2,1-3H3,(H2-,36,37,38,39,40,41)/p+1. The van der Waals surface area contributed by atoms with Crippen molar-refractivity contribution < 1.29 is 32.0 Å². The second kappa shape index (κ2) is 12.8. The Labute approximate surface area is 267 Å². The van der Waals surface area contributed by atoms with E-state index in [1.54, 1.807) is 11.3 Å². The van der Waals surface area contributed by atoms with E-state index >= 15 is 0 Å². The van der Waals surface area contributed by atoms with E-state index in [1.165, 1.54) is 0 Å². The number of aliphatic carboxylic acids is 1. The molecular weight excluding hydrogens is 617 g/mol. The molecule has 0 radical (unpaired) electrons. The molecule has 0 saturated carbocycles. The molecule has 8 nitrogen and oxygen atoms in total. The summed E-state index contributed by atoms with van der Waals surface area (Å²) in [5, 5.41) is 11.7. The first kappa shape index (κ1) is 32.4. The summed E-state index contributed by atoms with van der Waals surface area (Å²) in [6.45, 7) is 7.48. The number of para-hydroxylation sites is 1. The molecule has 0 aliphatic carbocycles. The van der Waals surface area contributed by atoms with Crippen molar-refractivity contribution in [2.24, 2.45) is 0 Å². The lowest BCUT2D eigenvalue weighted by atomic mass is 9.77. The minimum atomic E-state index is -4.11. The number of fused-ring (bicyclic) bond motifs is 4. The molecule has 5 rings (SSSR count). The first-order chi connectivity index (χ1) is 20.9. The number of allylic oxidation sites excluding steroid dienone is 4. The number of thiophene rings is 1. The van der Waals surface area contributed by atoms with Crippen LogP contribution < -0.4 is 4.90 Å². The molecule has 1 atom stereocenters. The highest BCUT2D eigenvalue weighted by Gasteiger charge is 2.46. The van der Waals surface area contributed by atoms with Gasteiger partial charge in [-0.2, -0.15) is 13.0 Å². The summed E-state index contributed by atoms with van der Waals surface area (Å²) in [6.07, 6.45) is 7.77. The van der Waals surface area contributed by atoms with Crippen molar-refractivity contribution in [1.29, 1.82) is 0 Å². The van der Waals surface area contributed by atoms with E-state index in [1.807, 2.05) is 36.4 Å². The van der Waals surface area contributed by atoms with E-state index in [4.69, 9.17) is 0 Å². The van der Waals surface area contributed by atoms with Gasteiger partial charge in [0.2, 0.25) is 5.69 Å². The van der Waals surface area contributed by atoms with Crippen molar-refractivity contribution in [3.8, 4) is 0 Å². The van der Waals surface area contributed by atoms with Gasteiger partial charge in [0, 0.05) is 51.4 Å². The Morgan fingerprint density at radius 1 is 1.09 bits per heavy atom. The number of hydrogen-bond acceptors (Lipinski definition) is 7. The van der Waals surface area contributed by atoms with Gasteiger partial charge < -0.3 is 14.6 Å². The highest BCUT2D eigenvalue weighted by molar-refractivity contribution is 7.93. The highest BCUT2D eigenvalue weighted by Crippen LogP contribution is 2.57. The van der Waals surface area contributed by atoms with E-state index in [0.717, 1.165) is 61.8 Å². The van der Waals surface area contributed by atoms with Crippen LogP contribution in [0.2, 0.25) is 0 Å². The second-order valence-corrected chi connectivity index (χ2v) is 15.3. The van der Waals surface area contributed by atoms with Gasteiger partial charge in [-0.25, -0.2) is 0 Å². The zero-order chi connectivity index (χ0) is 31.7. The number of rotatable bonds is 13. The molecule has 1 unspecified atom stereocenters. The third-order valence-corrected chi connectivity index (χ3v) is 11.3. The van der Waals surface area contributed by atoms with E-state index in [2.05, 4.69) is 60.6 Å². The zero-order valence-corrected chi connectivity index (χ0v) is 27.6. The molecule has 3 aromatic rings. The maximum atomic E-state index is 11.7. The van der Waals surface area contributed by atoms with Crippen molar-refractivity contribution in [1.82, 2.24) is 0 Å². The summed E-state index contributed by atoms with van der Waals surface area (Å²) in [6, 6.07) is 16.4. The van der Waals surface area contributed by atoms with Crippen molar-refractivity contribution in [2.45, 2.75) is 57.3 Å². The molecule has 0 fully saturated rings. The Hall–Kier alpha value is -2.96. The first-order valence-corrected chi connectivity index (χ1v) is 18.1.